The SMILES string of the molecule is COc1ccc2cc(CC3CCCN(C4CCC(NC(C)=O)C4)C3)ccc2c1. The van der Waals surface area contributed by atoms with E-state index in [4.69, 9.17) is 4.74 Å². The summed E-state index contributed by atoms with van der Waals surface area (Å²) in [6.07, 6.45) is 7.22. The van der Waals surface area contributed by atoms with Crippen LogP contribution < -0.4 is 10.1 Å². The van der Waals surface area contributed by atoms with Gasteiger partial charge >= 0.3 is 0 Å². The lowest BCUT2D eigenvalue weighted by Gasteiger charge is -2.37. The number of methoxy groups -OCH3 is 1. The molecule has 1 saturated heterocycles. The van der Waals surface area contributed by atoms with Crippen molar-refractivity contribution in [3.8, 4) is 5.75 Å². The number of ether oxygens (including phenoxy) is 1. The molecule has 4 heteroatoms. The van der Waals surface area contributed by atoms with Crippen molar-refractivity contribution >= 4 is 16.7 Å². The molecule has 0 bridgehead atoms. The second-order valence-corrected chi connectivity index (χ2v) is 8.62. The second-order valence-electron chi connectivity index (χ2n) is 8.62. The summed E-state index contributed by atoms with van der Waals surface area (Å²) in [7, 11) is 1.72. The van der Waals surface area contributed by atoms with Crippen molar-refractivity contribution in [3.63, 3.8) is 0 Å². The van der Waals surface area contributed by atoms with Gasteiger partial charge in [-0.05, 0) is 79.5 Å². The first kappa shape index (κ1) is 19.3. The molecule has 3 atom stereocenters. The van der Waals surface area contributed by atoms with Crippen LogP contribution in [0.15, 0.2) is 36.4 Å². The number of nitrogens with zero attached hydrogens (tertiary/aromatic N) is 1. The molecule has 0 spiro atoms. The minimum Gasteiger partial charge on any atom is -0.497 e. The lowest BCUT2D eigenvalue weighted by atomic mass is 9.89. The van der Waals surface area contributed by atoms with Gasteiger partial charge in [0, 0.05) is 25.6 Å². The Morgan fingerprint density at radius 1 is 1.14 bits per heavy atom. The number of nitrogens with one attached hydrogen (secondary N) is 1. The third-order valence-corrected chi connectivity index (χ3v) is 6.52. The molecule has 2 aromatic carbocycles. The molecular formula is C24H32N2O2. The average Bonchev–Trinajstić information content (AvgIpc) is 3.15. The Hall–Kier alpha value is -2.07. The van der Waals surface area contributed by atoms with E-state index >= 15 is 0 Å². The zero-order valence-electron chi connectivity index (χ0n) is 17.1. The van der Waals surface area contributed by atoms with Gasteiger partial charge in [-0.25, -0.2) is 0 Å². The number of rotatable bonds is 5. The predicted molar refractivity (Wildman–Crippen MR) is 114 cm³/mol. The third kappa shape index (κ3) is 4.49. The highest BCUT2D eigenvalue weighted by Crippen LogP contribution is 2.30. The molecule has 28 heavy (non-hydrogen) atoms. The van der Waals surface area contributed by atoms with Crippen LogP contribution in [0.5, 0.6) is 5.75 Å². The number of likely N-dealkylation sites (tertiary alicyclic amines) is 1. The van der Waals surface area contributed by atoms with Gasteiger partial charge in [-0.3, -0.25) is 4.79 Å². The third-order valence-electron chi connectivity index (χ3n) is 6.52. The Morgan fingerprint density at radius 2 is 1.96 bits per heavy atom. The fourth-order valence-electron chi connectivity index (χ4n) is 5.16. The van der Waals surface area contributed by atoms with Crippen LogP contribution in [0.1, 0.15) is 44.6 Å². The number of hydrogen-bond acceptors (Lipinski definition) is 3. The number of carbonyl (C=O) groups is 1. The first-order chi connectivity index (χ1) is 13.6. The number of benzene rings is 2. The standard InChI is InChI=1S/C24H32N2O2/c1-17(27)25-22-8-9-23(15-22)26-11-3-4-19(16-26)12-18-5-6-21-14-24(28-2)10-7-20(21)13-18/h5-7,10,13-14,19,22-23H,3-4,8-9,11-12,15-16H2,1-2H3,(H,25,27). The summed E-state index contributed by atoms with van der Waals surface area (Å²) in [4.78, 5) is 14.0. The van der Waals surface area contributed by atoms with Gasteiger partial charge in [-0.2, -0.15) is 0 Å². The van der Waals surface area contributed by atoms with Crippen LogP contribution in [0.3, 0.4) is 0 Å². The molecule has 0 aromatic heterocycles. The van der Waals surface area contributed by atoms with Crippen molar-refractivity contribution in [3.05, 3.63) is 42.0 Å². The summed E-state index contributed by atoms with van der Waals surface area (Å²) < 4.78 is 5.33. The van der Waals surface area contributed by atoms with Gasteiger partial charge in [0.15, 0.2) is 0 Å². The average molecular weight is 381 g/mol. The zero-order chi connectivity index (χ0) is 19.5. The van der Waals surface area contributed by atoms with Crippen LogP contribution in [0.2, 0.25) is 0 Å². The minimum atomic E-state index is 0.107. The highest BCUT2D eigenvalue weighted by molar-refractivity contribution is 5.84. The van der Waals surface area contributed by atoms with Gasteiger partial charge in [-0.15, -0.1) is 0 Å². The summed E-state index contributed by atoms with van der Waals surface area (Å²) in [6.45, 7) is 4.04. The number of amides is 1. The van der Waals surface area contributed by atoms with E-state index in [1.54, 1.807) is 14.0 Å². The van der Waals surface area contributed by atoms with Crippen molar-refractivity contribution < 1.29 is 9.53 Å². The number of fused-ring (bicyclic) bond motifs is 1. The molecular weight excluding hydrogens is 348 g/mol. The van der Waals surface area contributed by atoms with Crippen LogP contribution >= 0.6 is 0 Å². The molecule has 2 aliphatic rings. The summed E-state index contributed by atoms with van der Waals surface area (Å²) >= 11 is 0. The highest BCUT2D eigenvalue weighted by Gasteiger charge is 2.32. The van der Waals surface area contributed by atoms with Gasteiger partial charge in [0.1, 0.15) is 5.75 Å². The van der Waals surface area contributed by atoms with Crippen molar-refractivity contribution in [2.75, 3.05) is 20.2 Å². The van der Waals surface area contributed by atoms with Gasteiger partial charge < -0.3 is 15.0 Å². The topological polar surface area (TPSA) is 41.6 Å². The van der Waals surface area contributed by atoms with Crippen molar-refractivity contribution in [1.29, 1.82) is 0 Å². The fraction of sp³-hybridized carbons (Fsp3) is 0.542. The van der Waals surface area contributed by atoms with E-state index in [1.165, 1.54) is 48.7 Å². The summed E-state index contributed by atoms with van der Waals surface area (Å²) in [5.74, 6) is 1.75. The normalized spacial score (nSPS) is 25.7. The summed E-state index contributed by atoms with van der Waals surface area (Å²) in [5.41, 5.74) is 1.44. The van der Waals surface area contributed by atoms with Crippen LogP contribution in [-0.4, -0.2) is 43.1 Å². The lowest BCUT2D eigenvalue weighted by molar-refractivity contribution is -0.119. The Balaban J connectivity index is 1.37. The largest absolute Gasteiger partial charge is 0.497 e. The molecule has 2 aromatic rings. The second kappa shape index (κ2) is 8.52. The van der Waals surface area contributed by atoms with E-state index < -0.39 is 0 Å². The molecule has 150 valence electrons. The van der Waals surface area contributed by atoms with Gasteiger partial charge in [0.05, 0.1) is 7.11 Å². The number of hydrogen-bond donors (Lipinski definition) is 1. The summed E-state index contributed by atoms with van der Waals surface area (Å²) in [6, 6.07) is 14.2. The molecule has 2 fully saturated rings. The molecule has 3 unspecified atom stereocenters. The van der Waals surface area contributed by atoms with E-state index in [-0.39, 0.29) is 5.91 Å². The maximum Gasteiger partial charge on any atom is 0.217 e. The molecule has 1 heterocycles. The van der Waals surface area contributed by atoms with Gasteiger partial charge in [0.2, 0.25) is 5.91 Å². The Bertz CT molecular complexity index is 834. The first-order valence-corrected chi connectivity index (χ1v) is 10.7. The minimum absolute atomic E-state index is 0.107. The quantitative estimate of drug-likeness (QED) is 0.847. The Labute approximate surface area is 168 Å². The Morgan fingerprint density at radius 3 is 2.79 bits per heavy atom. The molecule has 1 aliphatic carbocycles. The monoisotopic (exact) mass is 380 g/mol. The van der Waals surface area contributed by atoms with E-state index in [1.807, 2.05) is 6.07 Å². The number of carbonyl (C=O) groups excluding carboxylic acids is 1. The molecule has 4 rings (SSSR count). The van der Waals surface area contributed by atoms with Crippen LogP contribution in [0, 0.1) is 5.92 Å². The molecule has 1 aliphatic heterocycles. The summed E-state index contributed by atoms with van der Waals surface area (Å²) in [5, 5.41) is 5.64. The van der Waals surface area contributed by atoms with E-state index in [0.29, 0.717) is 12.1 Å². The maximum atomic E-state index is 11.3. The van der Waals surface area contributed by atoms with E-state index in [0.717, 1.165) is 30.9 Å². The van der Waals surface area contributed by atoms with Gasteiger partial charge in [-0.1, -0.05) is 24.3 Å². The van der Waals surface area contributed by atoms with Crippen LogP contribution in [0.4, 0.5) is 0 Å². The highest BCUT2D eigenvalue weighted by atomic mass is 16.5. The van der Waals surface area contributed by atoms with Crippen molar-refractivity contribution in [2.45, 2.75) is 57.5 Å². The number of piperidine rings is 1. The van der Waals surface area contributed by atoms with Crippen molar-refractivity contribution in [2.24, 2.45) is 5.92 Å². The van der Waals surface area contributed by atoms with Gasteiger partial charge in [0.25, 0.3) is 0 Å². The smallest absolute Gasteiger partial charge is 0.217 e. The fourth-order valence-corrected chi connectivity index (χ4v) is 5.16. The molecule has 1 saturated carbocycles. The molecule has 1 amide bonds. The maximum absolute atomic E-state index is 11.3. The Kier molecular flexibility index (Phi) is 5.86. The first-order valence-electron chi connectivity index (χ1n) is 10.7. The van der Waals surface area contributed by atoms with Crippen molar-refractivity contribution in [1.82, 2.24) is 10.2 Å². The molecule has 4 nitrogen and oxygen atoms in total. The zero-order valence-corrected chi connectivity index (χ0v) is 17.1. The predicted octanol–water partition coefficient (Wildman–Crippen LogP) is 4.16. The van der Waals surface area contributed by atoms with Crippen LogP contribution in [0.25, 0.3) is 10.8 Å². The van der Waals surface area contributed by atoms with Crippen LogP contribution in [-0.2, 0) is 11.2 Å². The lowest BCUT2D eigenvalue weighted by Crippen LogP contribution is -2.43. The van der Waals surface area contributed by atoms with E-state index in [9.17, 15) is 4.79 Å². The molecule has 0 radical (unpaired) electrons. The van der Waals surface area contributed by atoms with E-state index in [2.05, 4.69) is 40.5 Å². The molecule has 1 N–H and O–H groups in total.